The van der Waals surface area contributed by atoms with Gasteiger partial charge in [-0.3, -0.25) is 5.32 Å². The van der Waals surface area contributed by atoms with Crippen molar-refractivity contribution in [3.63, 3.8) is 0 Å². The number of rotatable bonds is 8. The normalized spacial score (nSPS) is 24.8. The van der Waals surface area contributed by atoms with Crippen LogP contribution in [-0.2, 0) is 4.74 Å². The Morgan fingerprint density at radius 3 is 2.44 bits per heavy atom. The van der Waals surface area contributed by atoms with E-state index in [4.69, 9.17) is 9.47 Å². The van der Waals surface area contributed by atoms with Crippen LogP contribution in [0.1, 0.15) is 81.9 Å². The summed E-state index contributed by atoms with van der Waals surface area (Å²) in [5, 5.41) is 2.92. The summed E-state index contributed by atoms with van der Waals surface area (Å²) in [6.07, 6.45) is 8.44. The lowest BCUT2D eigenvalue weighted by Crippen LogP contribution is -2.41. The monoisotopic (exact) mass is 460 g/mol. The van der Waals surface area contributed by atoms with E-state index in [9.17, 15) is 4.79 Å². The fourth-order valence-corrected chi connectivity index (χ4v) is 5.94. The average molecular weight is 461 g/mol. The zero-order valence-corrected chi connectivity index (χ0v) is 20.3. The van der Waals surface area contributed by atoms with Crippen LogP contribution in [0.25, 0.3) is 0 Å². The number of nitrogens with zero attached hydrogens (tertiary/aromatic N) is 1. The molecule has 5 heteroatoms. The molecule has 2 aromatic rings. The molecule has 0 spiro atoms. The van der Waals surface area contributed by atoms with Crippen molar-refractivity contribution in [3.05, 3.63) is 53.6 Å². The molecule has 5 nitrogen and oxygen atoms in total. The standard InChI is InChI=1S/C29H36N2O3/c1-3-33-24-15-16-25-26(17-24)31(23-5-4-6-23)28(27(25)20-9-10-20)21-11-13-22(14-12-21)30-29(32)34-18(2)19-7-8-19/h11-20,23,27-28H,3-10H2,1-2H3,(H,30,32). The molecular formula is C29H36N2O3. The van der Waals surface area contributed by atoms with Gasteiger partial charge in [0.25, 0.3) is 0 Å². The molecule has 0 aromatic heterocycles. The number of carbonyl (C=O) groups is 1. The van der Waals surface area contributed by atoms with Crippen LogP contribution in [0.4, 0.5) is 16.2 Å². The summed E-state index contributed by atoms with van der Waals surface area (Å²) in [6, 6.07) is 16.2. The largest absolute Gasteiger partial charge is 0.494 e. The summed E-state index contributed by atoms with van der Waals surface area (Å²) in [7, 11) is 0. The van der Waals surface area contributed by atoms with Crippen LogP contribution in [0.5, 0.6) is 5.75 Å². The summed E-state index contributed by atoms with van der Waals surface area (Å²) >= 11 is 0. The molecular weight excluding hydrogens is 424 g/mol. The molecule has 1 heterocycles. The molecule has 34 heavy (non-hydrogen) atoms. The van der Waals surface area contributed by atoms with Crippen LogP contribution < -0.4 is 15.0 Å². The van der Waals surface area contributed by atoms with E-state index in [0.29, 0.717) is 30.5 Å². The molecule has 0 saturated heterocycles. The number of nitrogens with one attached hydrogen (secondary N) is 1. The minimum Gasteiger partial charge on any atom is -0.494 e. The fourth-order valence-electron chi connectivity index (χ4n) is 5.94. The lowest BCUT2D eigenvalue weighted by Gasteiger charge is -2.42. The predicted molar refractivity (Wildman–Crippen MR) is 135 cm³/mol. The van der Waals surface area contributed by atoms with Crippen LogP contribution in [0.3, 0.4) is 0 Å². The van der Waals surface area contributed by atoms with Gasteiger partial charge in [-0.2, -0.15) is 0 Å². The van der Waals surface area contributed by atoms with Crippen molar-refractivity contribution in [3.8, 4) is 5.75 Å². The van der Waals surface area contributed by atoms with Crippen molar-refractivity contribution >= 4 is 17.5 Å². The number of ether oxygens (including phenoxy) is 2. The molecule has 3 unspecified atom stereocenters. The Morgan fingerprint density at radius 1 is 1.06 bits per heavy atom. The van der Waals surface area contributed by atoms with Crippen LogP contribution >= 0.6 is 0 Å². The number of fused-ring (bicyclic) bond motifs is 1. The Bertz CT molecular complexity index is 1040. The zero-order chi connectivity index (χ0) is 23.2. The molecule has 3 aliphatic carbocycles. The second kappa shape index (κ2) is 8.83. The molecule has 3 atom stereocenters. The van der Waals surface area contributed by atoms with Crippen LogP contribution in [0.15, 0.2) is 42.5 Å². The Kier molecular flexibility index (Phi) is 5.66. The van der Waals surface area contributed by atoms with Crippen molar-refractivity contribution in [2.24, 2.45) is 11.8 Å². The lowest BCUT2D eigenvalue weighted by atomic mass is 9.84. The summed E-state index contributed by atoms with van der Waals surface area (Å²) in [6.45, 7) is 4.72. The van der Waals surface area contributed by atoms with E-state index in [1.54, 1.807) is 0 Å². The zero-order valence-electron chi connectivity index (χ0n) is 20.3. The molecule has 180 valence electrons. The van der Waals surface area contributed by atoms with Crippen molar-refractivity contribution in [2.75, 3.05) is 16.8 Å². The highest BCUT2D eigenvalue weighted by molar-refractivity contribution is 5.84. The van der Waals surface area contributed by atoms with E-state index in [1.807, 2.05) is 26.0 Å². The minimum atomic E-state index is -0.351. The second-order valence-electron chi connectivity index (χ2n) is 10.6. The Hall–Kier alpha value is -2.69. The first-order valence-corrected chi connectivity index (χ1v) is 13.2. The van der Waals surface area contributed by atoms with Gasteiger partial charge in [0.15, 0.2) is 0 Å². The first-order valence-electron chi connectivity index (χ1n) is 13.2. The van der Waals surface area contributed by atoms with Gasteiger partial charge in [0.05, 0.1) is 12.6 Å². The molecule has 1 aliphatic heterocycles. The molecule has 0 bridgehead atoms. The number of hydrogen-bond acceptors (Lipinski definition) is 4. The lowest BCUT2D eigenvalue weighted by molar-refractivity contribution is 0.108. The maximum Gasteiger partial charge on any atom is 0.411 e. The van der Waals surface area contributed by atoms with Gasteiger partial charge >= 0.3 is 6.09 Å². The second-order valence-corrected chi connectivity index (χ2v) is 10.6. The Morgan fingerprint density at radius 2 is 1.82 bits per heavy atom. The van der Waals surface area contributed by atoms with Crippen molar-refractivity contribution in [2.45, 2.75) is 82.9 Å². The van der Waals surface area contributed by atoms with E-state index in [-0.39, 0.29) is 12.2 Å². The van der Waals surface area contributed by atoms with E-state index in [2.05, 4.69) is 40.5 Å². The third-order valence-electron chi connectivity index (χ3n) is 8.27. The minimum absolute atomic E-state index is 0.00631. The highest BCUT2D eigenvalue weighted by Crippen LogP contribution is 2.60. The van der Waals surface area contributed by atoms with Crippen LogP contribution in [0, 0.1) is 11.8 Å². The SMILES string of the molecule is CCOc1ccc2c(c1)N(C1CCC1)C(c1ccc(NC(=O)OC(C)C3CC3)cc1)C2C1CC1. The highest BCUT2D eigenvalue weighted by atomic mass is 16.6. The first kappa shape index (κ1) is 21.8. The van der Waals surface area contributed by atoms with Gasteiger partial charge in [-0.1, -0.05) is 18.2 Å². The summed E-state index contributed by atoms with van der Waals surface area (Å²) in [4.78, 5) is 15.0. The fraction of sp³-hybridized carbons (Fsp3) is 0.552. The van der Waals surface area contributed by atoms with Crippen LogP contribution in [0.2, 0.25) is 0 Å². The van der Waals surface area contributed by atoms with E-state index in [0.717, 1.165) is 17.4 Å². The number of amides is 1. The van der Waals surface area contributed by atoms with Crippen LogP contribution in [-0.4, -0.2) is 24.8 Å². The molecule has 4 aliphatic rings. The van der Waals surface area contributed by atoms with Gasteiger partial charge in [0, 0.05) is 29.4 Å². The molecule has 3 saturated carbocycles. The van der Waals surface area contributed by atoms with Gasteiger partial charge < -0.3 is 14.4 Å². The van der Waals surface area contributed by atoms with Gasteiger partial charge in [0.1, 0.15) is 11.9 Å². The molecule has 0 radical (unpaired) electrons. The van der Waals surface area contributed by atoms with E-state index < -0.39 is 0 Å². The molecule has 1 amide bonds. The smallest absolute Gasteiger partial charge is 0.411 e. The maximum atomic E-state index is 12.3. The molecule has 2 aromatic carbocycles. The Balaban J connectivity index is 1.26. The highest BCUT2D eigenvalue weighted by Gasteiger charge is 2.49. The van der Waals surface area contributed by atoms with Crippen molar-refractivity contribution in [1.29, 1.82) is 0 Å². The average Bonchev–Trinajstić information content (AvgIpc) is 3.71. The Labute approximate surface area is 202 Å². The molecule has 3 fully saturated rings. The predicted octanol–water partition coefficient (Wildman–Crippen LogP) is 7.04. The van der Waals surface area contributed by atoms with Gasteiger partial charge in [-0.15, -0.1) is 0 Å². The number of hydrogen-bond donors (Lipinski definition) is 1. The first-order chi connectivity index (χ1) is 16.6. The van der Waals surface area contributed by atoms with Gasteiger partial charge in [-0.25, -0.2) is 4.79 Å². The van der Waals surface area contributed by atoms with E-state index in [1.165, 1.54) is 61.8 Å². The summed E-state index contributed by atoms with van der Waals surface area (Å²) in [5.74, 6) is 2.79. The number of anilines is 2. The number of carbonyl (C=O) groups excluding carboxylic acids is 1. The summed E-state index contributed by atoms with van der Waals surface area (Å²) < 4.78 is 11.4. The summed E-state index contributed by atoms with van der Waals surface area (Å²) in [5.41, 5.74) is 4.99. The van der Waals surface area contributed by atoms with E-state index >= 15 is 0 Å². The van der Waals surface area contributed by atoms with Crippen molar-refractivity contribution < 1.29 is 14.3 Å². The molecule has 1 N–H and O–H groups in total. The van der Waals surface area contributed by atoms with Gasteiger partial charge in [0.2, 0.25) is 0 Å². The molecule has 6 rings (SSSR count). The van der Waals surface area contributed by atoms with Gasteiger partial charge in [-0.05, 0) is 100.0 Å². The number of benzene rings is 2. The third kappa shape index (κ3) is 4.14. The topological polar surface area (TPSA) is 50.8 Å². The third-order valence-corrected chi connectivity index (χ3v) is 8.27. The maximum absolute atomic E-state index is 12.3. The van der Waals surface area contributed by atoms with Crippen molar-refractivity contribution in [1.82, 2.24) is 0 Å². The quantitative estimate of drug-likeness (QED) is 0.459.